The summed E-state index contributed by atoms with van der Waals surface area (Å²) in [6.07, 6.45) is 7.10. The second-order valence-corrected chi connectivity index (χ2v) is 4.32. The Morgan fingerprint density at radius 1 is 1.36 bits per heavy atom. The Kier molecular flexibility index (Phi) is 5.49. The van der Waals surface area contributed by atoms with Gasteiger partial charge in [0.15, 0.2) is 0 Å². The van der Waals surface area contributed by atoms with Crippen LogP contribution in [0.15, 0.2) is 0 Å². The molecule has 1 aliphatic rings. The molecule has 0 aromatic carbocycles. The topological polar surface area (TPSA) is 21.3 Å². The van der Waals surface area contributed by atoms with E-state index in [-0.39, 0.29) is 0 Å². The summed E-state index contributed by atoms with van der Waals surface area (Å²) in [5, 5.41) is 3.40. The zero-order valence-corrected chi connectivity index (χ0v) is 9.88. The standard InChI is InChI=1S/C12H25NO/c1-4-12(14-5-2)11(13-3)9-8-10-6-7-10/h10-13H,4-9H2,1-3H3. The molecule has 0 heterocycles. The summed E-state index contributed by atoms with van der Waals surface area (Å²) in [5.41, 5.74) is 0. The summed E-state index contributed by atoms with van der Waals surface area (Å²) in [6, 6.07) is 0.556. The van der Waals surface area contributed by atoms with Crippen molar-refractivity contribution in [1.82, 2.24) is 5.32 Å². The number of hydrogen-bond donors (Lipinski definition) is 1. The zero-order chi connectivity index (χ0) is 10.4. The Bertz CT molecular complexity index is 145. The van der Waals surface area contributed by atoms with E-state index in [0.717, 1.165) is 18.9 Å². The molecule has 1 rings (SSSR count). The average Bonchev–Trinajstić information content (AvgIpc) is 3.00. The summed E-state index contributed by atoms with van der Waals surface area (Å²) >= 11 is 0. The van der Waals surface area contributed by atoms with E-state index in [0.29, 0.717) is 12.1 Å². The van der Waals surface area contributed by atoms with E-state index < -0.39 is 0 Å². The summed E-state index contributed by atoms with van der Waals surface area (Å²) in [5.74, 6) is 1.03. The van der Waals surface area contributed by atoms with Crippen molar-refractivity contribution in [3.05, 3.63) is 0 Å². The van der Waals surface area contributed by atoms with E-state index in [2.05, 4.69) is 26.2 Å². The molecule has 1 N–H and O–H groups in total. The van der Waals surface area contributed by atoms with Gasteiger partial charge >= 0.3 is 0 Å². The fraction of sp³-hybridized carbons (Fsp3) is 1.00. The predicted molar refractivity (Wildman–Crippen MR) is 60.5 cm³/mol. The maximum Gasteiger partial charge on any atom is 0.0725 e. The van der Waals surface area contributed by atoms with Crippen LogP contribution in [0.2, 0.25) is 0 Å². The SMILES string of the molecule is CCOC(CC)C(CCC1CC1)NC. The van der Waals surface area contributed by atoms with Crippen molar-refractivity contribution >= 4 is 0 Å². The smallest absolute Gasteiger partial charge is 0.0725 e. The van der Waals surface area contributed by atoms with Gasteiger partial charge in [-0.2, -0.15) is 0 Å². The molecule has 2 heteroatoms. The van der Waals surface area contributed by atoms with Crippen molar-refractivity contribution in [3.8, 4) is 0 Å². The molecule has 0 saturated heterocycles. The van der Waals surface area contributed by atoms with E-state index >= 15 is 0 Å². The first-order valence-corrected chi connectivity index (χ1v) is 6.10. The fourth-order valence-electron chi connectivity index (χ4n) is 2.07. The van der Waals surface area contributed by atoms with Gasteiger partial charge in [-0.3, -0.25) is 0 Å². The molecule has 0 aliphatic heterocycles. The van der Waals surface area contributed by atoms with Crippen LogP contribution in [0.4, 0.5) is 0 Å². The Morgan fingerprint density at radius 3 is 2.50 bits per heavy atom. The van der Waals surface area contributed by atoms with Gasteiger partial charge in [-0.15, -0.1) is 0 Å². The van der Waals surface area contributed by atoms with Crippen LogP contribution in [-0.4, -0.2) is 25.8 Å². The Balaban J connectivity index is 2.24. The predicted octanol–water partition coefficient (Wildman–Crippen LogP) is 2.58. The fourth-order valence-corrected chi connectivity index (χ4v) is 2.07. The number of nitrogens with one attached hydrogen (secondary N) is 1. The van der Waals surface area contributed by atoms with E-state index in [1.807, 2.05) is 0 Å². The minimum atomic E-state index is 0.406. The lowest BCUT2D eigenvalue weighted by atomic mass is 10.0. The third kappa shape index (κ3) is 3.97. The summed E-state index contributed by atoms with van der Waals surface area (Å²) in [7, 11) is 2.05. The van der Waals surface area contributed by atoms with Crippen molar-refractivity contribution in [3.63, 3.8) is 0 Å². The van der Waals surface area contributed by atoms with Crippen LogP contribution in [0, 0.1) is 5.92 Å². The van der Waals surface area contributed by atoms with Gasteiger partial charge in [-0.1, -0.05) is 19.8 Å². The second-order valence-electron chi connectivity index (χ2n) is 4.32. The number of rotatable bonds is 8. The highest BCUT2D eigenvalue weighted by molar-refractivity contribution is 4.80. The van der Waals surface area contributed by atoms with Gasteiger partial charge in [-0.05, 0) is 39.2 Å². The van der Waals surface area contributed by atoms with Gasteiger partial charge in [0.25, 0.3) is 0 Å². The van der Waals surface area contributed by atoms with Crippen LogP contribution in [0.5, 0.6) is 0 Å². The number of hydrogen-bond acceptors (Lipinski definition) is 2. The van der Waals surface area contributed by atoms with Crippen LogP contribution in [0.25, 0.3) is 0 Å². The van der Waals surface area contributed by atoms with Crippen LogP contribution >= 0.6 is 0 Å². The highest BCUT2D eigenvalue weighted by atomic mass is 16.5. The monoisotopic (exact) mass is 199 g/mol. The van der Waals surface area contributed by atoms with Gasteiger partial charge in [0.1, 0.15) is 0 Å². The van der Waals surface area contributed by atoms with E-state index in [1.165, 1.54) is 25.7 Å². The lowest BCUT2D eigenvalue weighted by Gasteiger charge is -2.25. The molecule has 1 saturated carbocycles. The maximum absolute atomic E-state index is 5.73. The number of ether oxygens (including phenoxy) is 1. The summed E-state index contributed by atoms with van der Waals surface area (Å²) in [4.78, 5) is 0. The van der Waals surface area contributed by atoms with Crippen molar-refractivity contribution in [1.29, 1.82) is 0 Å². The highest BCUT2D eigenvalue weighted by Crippen LogP contribution is 2.34. The van der Waals surface area contributed by atoms with E-state index in [9.17, 15) is 0 Å². The normalized spacial score (nSPS) is 20.8. The minimum absolute atomic E-state index is 0.406. The van der Waals surface area contributed by atoms with Gasteiger partial charge in [-0.25, -0.2) is 0 Å². The second kappa shape index (κ2) is 6.41. The highest BCUT2D eigenvalue weighted by Gasteiger charge is 2.25. The third-order valence-electron chi connectivity index (χ3n) is 3.19. The molecular weight excluding hydrogens is 174 g/mol. The molecule has 0 aromatic rings. The van der Waals surface area contributed by atoms with Gasteiger partial charge < -0.3 is 10.1 Å². The van der Waals surface area contributed by atoms with Crippen LogP contribution in [0.3, 0.4) is 0 Å². The molecule has 0 spiro atoms. The van der Waals surface area contributed by atoms with E-state index in [4.69, 9.17) is 4.74 Å². The van der Waals surface area contributed by atoms with Crippen molar-refractivity contribution in [2.75, 3.05) is 13.7 Å². The van der Waals surface area contributed by atoms with Crippen LogP contribution in [-0.2, 0) is 4.74 Å². The first-order valence-electron chi connectivity index (χ1n) is 6.10. The minimum Gasteiger partial charge on any atom is -0.377 e. The van der Waals surface area contributed by atoms with E-state index in [1.54, 1.807) is 0 Å². The van der Waals surface area contributed by atoms with Crippen molar-refractivity contribution in [2.24, 2.45) is 5.92 Å². The Morgan fingerprint density at radius 2 is 2.07 bits per heavy atom. The molecule has 2 nitrogen and oxygen atoms in total. The van der Waals surface area contributed by atoms with Crippen molar-refractivity contribution < 1.29 is 4.74 Å². The van der Waals surface area contributed by atoms with Crippen molar-refractivity contribution in [2.45, 2.75) is 58.1 Å². The molecule has 84 valence electrons. The molecule has 0 aromatic heterocycles. The average molecular weight is 199 g/mol. The van der Waals surface area contributed by atoms with Crippen LogP contribution in [0.1, 0.15) is 46.0 Å². The quantitative estimate of drug-likeness (QED) is 0.649. The lowest BCUT2D eigenvalue weighted by molar-refractivity contribution is 0.0308. The lowest BCUT2D eigenvalue weighted by Crippen LogP contribution is -2.39. The molecule has 1 aliphatic carbocycles. The largest absolute Gasteiger partial charge is 0.377 e. The molecular formula is C12H25NO. The van der Waals surface area contributed by atoms with Gasteiger partial charge in [0, 0.05) is 12.6 Å². The third-order valence-corrected chi connectivity index (χ3v) is 3.19. The molecule has 2 unspecified atom stereocenters. The molecule has 0 amide bonds. The molecule has 0 radical (unpaired) electrons. The Hall–Kier alpha value is -0.0800. The van der Waals surface area contributed by atoms with Gasteiger partial charge in [0.05, 0.1) is 6.10 Å². The molecule has 0 bridgehead atoms. The molecule has 1 fully saturated rings. The van der Waals surface area contributed by atoms with Gasteiger partial charge in [0.2, 0.25) is 0 Å². The number of likely N-dealkylation sites (N-methyl/N-ethyl adjacent to an activating group) is 1. The first kappa shape index (κ1) is 12.0. The summed E-state index contributed by atoms with van der Waals surface area (Å²) < 4.78 is 5.73. The first-order chi connectivity index (χ1) is 6.81. The maximum atomic E-state index is 5.73. The molecule has 2 atom stereocenters. The zero-order valence-electron chi connectivity index (χ0n) is 9.88. The van der Waals surface area contributed by atoms with Crippen LogP contribution < -0.4 is 5.32 Å². The summed E-state index contributed by atoms with van der Waals surface area (Å²) in [6.45, 7) is 5.12. The molecule has 14 heavy (non-hydrogen) atoms. The Labute approximate surface area is 88.4 Å².